The van der Waals surface area contributed by atoms with E-state index in [-0.39, 0.29) is 11.6 Å². The second-order valence-electron chi connectivity index (χ2n) is 4.85. The van der Waals surface area contributed by atoms with Gasteiger partial charge >= 0.3 is 0 Å². The minimum Gasteiger partial charge on any atom is -0.357 e. The lowest BCUT2D eigenvalue weighted by Gasteiger charge is -2.28. The molecular weight excluding hydrogens is 198 g/mol. The summed E-state index contributed by atoms with van der Waals surface area (Å²) in [6.45, 7) is 7.87. The van der Waals surface area contributed by atoms with Crippen molar-refractivity contribution in [2.75, 3.05) is 18.1 Å². The number of fused-ring (bicyclic) bond motifs is 3. The molecule has 0 spiro atoms. The van der Waals surface area contributed by atoms with Gasteiger partial charge in [0.1, 0.15) is 6.23 Å². The van der Waals surface area contributed by atoms with Crippen LogP contribution >= 0.6 is 0 Å². The van der Waals surface area contributed by atoms with Gasteiger partial charge in [0.05, 0.1) is 6.61 Å². The third-order valence-corrected chi connectivity index (χ3v) is 3.88. The number of para-hydroxylation sites is 1. The zero-order valence-electron chi connectivity index (χ0n) is 9.65. The van der Waals surface area contributed by atoms with Crippen molar-refractivity contribution in [2.24, 2.45) is 0 Å². The molecule has 1 aromatic carbocycles. The van der Waals surface area contributed by atoms with Crippen molar-refractivity contribution in [1.29, 1.82) is 0 Å². The molecule has 2 atom stereocenters. The van der Waals surface area contributed by atoms with E-state index in [4.69, 9.17) is 4.74 Å². The van der Waals surface area contributed by atoms with Crippen LogP contribution in [0.5, 0.6) is 0 Å². The Morgan fingerprint density at radius 3 is 3.19 bits per heavy atom. The minimum atomic E-state index is 0.166. The van der Waals surface area contributed by atoms with Crippen LogP contribution in [0.15, 0.2) is 36.9 Å². The van der Waals surface area contributed by atoms with Gasteiger partial charge in [-0.3, -0.25) is 0 Å². The van der Waals surface area contributed by atoms with Crippen molar-refractivity contribution < 1.29 is 4.74 Å². The lowest BCUT2D eigenvalue weighted by atomic mass is 9.82. The van der Waals surface area contributed by atoms with Crippen LogP contribution in [-0.2, 0) is 10.2 Å². The Morgan fingerprint density at radius 2 is 2.38 bits per heavy atom. The summed E-state index contributed by atoms with van der Waals surface area (Å²) in [5.41, 5.74) is 2.91. The number of hydrogen-bond donors (Lipinski definition) is 0. The molecule has 16 heavy (non-hydrogen) atoms. The average Bonchev–Trinajstić information content (AvgIpc) is 2.77. The molecule has 2 aliphatic heterocycles. The highest BCUT2D eigenvalue weighted by molar-refractivity contribution is 5.64. The van der Waals surface area contributed by atoms with Crippen LogP contribution in [-0.4, -0.2) is 19.4 Å². The van der Waals surface area contributed by atoms with Gasteiger partial charge in [-0.15, -0.1) is 6.58 Å². The molecule has 3 rings (SSSR count). The van der Waals surface area contributed by atoms with Crippen molar-refractivity contribution >= 4 is 5.69 Å². The van der Waals surface area contributed by atoms with Crippen LogP contribution in [0.4, 0.5) is 5.69 Å². The quantitative estimate of drug-likeness (QED) is 0.703. The van der Waals surface area contributed by atoms with Gasteiger partial charge in [0, 0.05) is 17.6 Å². The SMILES string of the molecule is C=CCN1c2ccccc2[C@]2(C)CCO[C@H]12. The summed E-state index contributed by atoms with van der Waals surface area (Å²) in [6, 6.07) is 8.64. The third-order valence-electron chi connectivity index (χ3n) is 3.88. The van der Waals surface area contributed by atoms with E-state index in [9.17, 15) is 0 Å². The third kappa shape index (κ3) is 1.11. The minimum absolute atomic E-state index is 0.166. The molecule has 0 aliphatic carbocycles. The van der Waals surface area contributed by atoms with Gasteiger partial charge < -0.3 is 9.64 Å². The summed E-state index contributed by atoms with van der Waals surface area (Å²) < 4.78 is 5.91. The number of nitrogens with zero attached hydrogens (tertiary/aromatic N) is 1. The summed E-state index contributed by atoms with van der Waals surface area (Å²) in [5.74, 6) is 0. The first-order valence-corrected chi connectivity index (χ1v) is 5.86. The number of hydrogen-bond acceptors (Lipinski definition) is 2. The fourth-order valence-electron chi connectivity index (χ4n) is 3.06. The highest BCUT2D eigenvalue weighted by Crippen LogP contribution is 2.50. The Morgan fingerprint density at radius 1 is 1.56 bits per heavy atom. The van der Waals surface area contributed by atoms with Crippen LogP contribution < -0.4 is 4.90 Å². The largest absolute Gasteiger partial charge is 0.357 e. The summed E-state index contributed by atoms with van der Waals surface area (Å²) in [7, 11) is 0. The van der Waals surface area contributed by atoms with Crippen molar-refractivity contribution in [1.82, 2.24) is 0 Å². The first kappa shape index (κ1) is 9.91. The Kier molecular flexibility index (Phi) is 2.08. The topological polar surface area (TPSA) is 12.5 Å². The molecule has 2 heterocycles. The van der Waals surface area contributed by atoms with Crippen molar-refractivity contribution in [3.63, 3.8) is 0 Å². The van der Waals surface area contributed by atoms with E-state index in [1.54, 1.807) is 0 Å². The van der Waals surface area contributed by atoms with Gasteiger partial charge in [-0.05, 0) is 18.1 Å². The highest BCUT2D eigenvalue weighted by atomic mass is 16.5. The summed E-state index contributed by atoms with van der Waals surface area (Å²) in [5, 5.41) is 0. The molecule has 0 aromatic heterocycles. The molecule has 84 valence electrons. The number of ether oxygens (including phenoxy) is 1. The Labute approximate surface area is 96.5 Å². The predicted molar refractivity (Wildman–Crippen MR) is 65.7 cm³/mol. The molecule has 0 bridgehead atoms. The van der Waals surface area contributed by atoms with E-state index >= 15 is 0 Å². The van der Waals surface area contributed by atoms with Crippen LogP contribution in [0.2, 0.25) is 0 Å². The maximum absolute atomic E-state index is 5.91. The van der Waals surface area contributed by atoms with Crippen molar-refractivity contribution in [3.8, 4) is 0 Å². The fraction of sp³-hybridized carbons (Fsp3) is 0.429. The molecular formula is C14H17NO. The normalized spacial score (nSPS) is 31.3. The van der Waals surface area contributed by atoms with E-state index in [0.29, 0.717) is 0 Å². The van der Waals surface area contributed by atoms with Crippen molar-refractivity contribution in [2.45, 2.75) is 25.0 Å². The molecule has 0 saturated carbocycles. The van der Waals surface area contributed by atoms with Crippen LogP contribution in [0.1, 0.15) is 18.9 Å². The molecule has 1 aromatic rings. The Balaban J connectivity index is 2.13. The second-order valence-corrected chi connectivity index (χ2v) is 4.85. The maximum Gasteiger partial charge on any atom is 0.140 e. The van der Waals surface area contributed by atoms with Crippen LogP contribution in [0.25, 0.3) is 0 Å². The highest BCUT2D eigenvalue weighted by Gasteiger charge is 2.51. The molecule has 0 radical (unpaired) electrons. The Hall–Kier alpha value is -1.28. The van der Waals surface area contributed by atoms with Gasteiger partial charge in [0.15, 0.2) is 0 Å². The molecule has 2 aliphatic rings. The van der Waals surface area contributed by atoms with E-state index < -0.39 is 0 Å². The predicted octanol–water partition coefficient (Wildman–Crippen LogP) is 2.70. The first-order chi connectivity index (χ1) is 7.77. The van der Waals surface area contributed by atoms with Gasteiger partial charge in [-0.1, -0.05) is 31.2 Å². The lowest BCUT2D eigenvalue weighted by Crippen LogP contribution is -2.40. The molecule has 1 fully saturated rings. The Bertz CT molecular complexity index is 428. The number of anilines is 1. The van der Waals surface area contributed by atoms with E-state index in [1.807, 2.05) is 6.08 Å². The molecule has 2 heteroatoms. The first-order valence-electron chi connectivity index (χ1n) is 5.86. The maximum atomic E-state index is 5.91. The molecule has 0 amide bonds. The zero-order valence-corrected chi connectivity index (χ0v) is 9.65. The van der Waals surface area contributed by atoms with Crippen LogP contribution in [0, 0.1) is 0 Å². The van der Waals surface area contributed by atoms with Crippen molar-refractivity contribution in [3.05, 3.63) is 42.5 Å². The lowest BCUT2D eigenvalue weighted by molar-refractivity contribution is 0.0898. The summed E-state index contributed by atoms with van der Waals surface area (Å²) in [6.07, 6.45) is 3.26. The standard InChI is InChI=1S/C14H17NO/c1-3-9-15-12-7-5-4-6-11(12)14(2)8-10-16-13(14)15/h3-7,13H,1,8-10H2,2H3/t13-,14-/m0/s1. The molecule has 1 saturated heterocycles. The van der Waals surface area contributed by atoms with E-state index in [0.717, 1.165) is 19.6 Å². The zero-order chi connectivity index (χ0) is 11.2. The van der Waals surface area contributed by atoms with E-state index in [1.165, 1.54) is 11.3 Å². The van der Waals surface area contributed by atoms with Gasteiger partial charge in [-0.25, -0.2) is 0 Å². The van der Waals surface area contributed by atoms with Gasteiger partial charge in [0.2, 0.25) is 0 Å². The fourth-order valence-corrected chi connectivity index (χ4v) is 3.06. The average molecular weight is 215 g/mol. The smallest absolute Gasteiger partial charge is 0.140 e. The second kappa shape index (κ2) is 3.36. The number of benzene rings is 1. The van der Waals surface area contributed by atoms with Gasteiger partial charge in [-0.2, -0.15) is 0 Å². The molecule has 2 nitrogen and oxygen atoms in total. The van der Waals surface area contributed by atoms with Gasteiger partial charge in [0.25, 0.3) is 0 Å². The molecule has 0 N–H and O–H groups in total. The molecule has 0 unspecified atom stereocenters. The number of rotatable bonds is 2. The summed E-state index contributed by atoms with van der Waals surface area (Å²) in [4.78, 5) is 2.33. The summed E-state index contributed by atoms with van der Waals surface area (Å²) >= 11 is 0. The van der Waals surface area contributed by atoms with E-state index in [2.05, 4.69) is 42.7 Å². The van der Waals surface area contributed by atoms with Crippen LogP contribution in [0.3, 0.4) is 0 Å². The monoisotopic (exact) mass is 215 g/mol.